The van der Waals surface area contributed by atoms with E-state index in [0.717, 1.165) is 57.7 Å². The number of likely N-dealkylation sites (tertiary alicyclic amines) is 2. The molecule has 30 heavy (non-hydrogen) atoms. The predicted octanol–water partition coefficient (Wildman–Crippen LogP) is 2.82. The molecule has 0 bridgehead atoms. The molecule has 2 N–H and O–H groups in total. The number of carbonyl (C=O) groups is 1. The highest BCUT2D eigenvalue weighted by Crippen LogP contribution is 2.24. The normalized spacial score (nSPS) is 19.6. The largest absolute Gasteiger partial charge is 0.468 e. The second-order valence-electron chi connectivity index (χ2n) is 8.35. The van der Waals surface area contributed by atoms with Gasteiger partial charge in [0.15, 0.2) is 0 Å². The van der Waals surface area contributed by atoms with Crippen LogP contribution in [0.4, 0.5) is 4.79 Å². The van der Waals surface area contributed by atoms with E-state index in [4.69, 9.17) is 4.42 Å². The molecule has 162 valence electrons. The maximum Gasteiger partial charge on any atom is 0.315 e. The van der Waals surface area contributed by atoms with E-state index in [2.05, 4.69) is 37.6 Å². The van der Waals surface area contributed by atoms with Gasteiger partial charge in [-0.3, -0.25) is 9.88 Å². The second kappa shape index (κ2) is 10.6. The number of hydrogen-bond donors (Lipinski definition) is 2. The minimum absolute atomic E-state index is 0.0685. The Morgan fingerprint density at radius 2 is 1.90 bits per heavy atom. The van der Waals surface area contributed by atoms with Crippen LogP contribution in [0.5, 0.6) is 0 Å². The predicted molar refractivity (Wildman–Crippen MR) is 116 cm³/mol. The third kappa shape index (κ3) is 5.83. The van der Waals surface area contributed by atoms with Crippen molar-refractivity contribution in [3.05, 3.63) is 54.2 Å². The lowest BCUT2D eigenvalue weighted by atomic mass is 10.0. The van der Waals surface area contributed by atoms with Gasteiger partial charge in [0.25, 0.3) is 0 Å². The highest BCUT2D eigenvalue weighted by atomic mass is 16.3. The summed E-state index contributed by atoms with van der Waals surface area (Å²) >= 11 is 0. The molecule has 4 heterocycles. The zero-order valence-electron chi connectivity index (χ0n) is 17.6. The van der Waals surface area contributed by atoms with Crippen LogP contribution in [0.15, 0.2) is 47.3 Å². The number of nitrogens with zero attached hydrogens (tertiary/aromatic N) is 3. The van der Waals surface area contributed by atoms with Gasteiger partial charge >= 0.3 is 6.03 Å². The molecule has 0 aliphatic carbocycles. The summed E-state index contributed by atoms with van der Waals surface area (Å²) in [6.07, 6.45) is 10.9. The summed E-state index contributed by atoms with van der Waals surface area (Å²) in [6.45, 7) is 5.81. The van der Waals surface area contributed by atoms with E-state index >= 15 is 0 Å². The fourth-order valence-electron chi connectivity index (χ4n) is 4.51. The maximum absolute atomic E-state index is 12.5. The lowest BCUT2D eigenvalue weighted by Gasteiger charge is -2.32. The molecule has 2 saturated heterocycles. The topological polar surface area (TPSA) is 73.6 Å². The number of amides is 2. The number of urea groups is 1. The van der Waals surface area contributed by atoms with Gasteiger partial charge in [0.05, 0.1) is 12.3 Å². The van der Waals surface area contributed by atoms with Gasteiger partial charge in [-0.1, -0.05) is 0 Å². The molecule has 1 atom stereocenters. The first-order valence-corrected chi connectivity index (χ1v) is 11.2. The lowest BCUT2D eigenvalue weighted by Crippen LogP contribution is -2.49. The van der Waals surface area contributed by atoms with Gasteiger partial charge in [-0.2, -0.15) is 0 Å². The summed E-state index contributed by atoms with van der Waals surface area (Å²) < 4.78 is 5.63. The van der Waals surface area contributed by atoms with E-state index in [1.165, 1.54) is 18.4 Å². The Balaban J connectivity index is 1.17. The molecule has 0 aromatic carbocycles. The first-order valence-electron chi connectivity index (χ1n) is 11.2. The van der Waals surface area contributed by atoms with Crippen LogP contribution < -0.4 is 10.6 Å². The zero-order chi connectivity index (χ0) is 20.6. The average Bonchev–Trinajstić information content (AvgIpc) is 3.49. The summed E-state index contributed by atoms with van der Waals surface area (Å²) in [5.74, 6) is 0.930. The SMILES string of the molecule is O=C(NCC(c1ccco1)N1CCCC1)NC1CCN(CCc2ccncc2)CC1. The van der Waals surface area contributed by atoms with Crippen molar-refractivity contribution < 1.29 is 9.21 Å². The Kier molecular flexibility index (Phi) is 7.37. The van der Waals surface area contributed by atoms with Crippen molar-refractivity contribution in [2.45, 2.75) is 44.2 Å². The van der Waals surface area contributed by atoms with Crippen LogP contribution in [-0.4, -0.2) is 66.1 Å². The van der Waals surface area contributed by atoms with E-state index in [-0.39, 0.29) is 18.1 Å². The van der Waals surface area contributed by atoms with Crippen LogP contribution in [0, 0.1) is 0 Å². The van der Waals surface area contributed by atoms with Crippen molar-refractivity contribution in [3.8, 4) is 0 Å². The summed E-state index contributed by atoms with van der Waals surface area (Å²) in [6, 6.07) is 8.37. The summed E-state index contributed by atoms with van der Waals surface area (Å²) in [4.78, 5) is 21.5. The highest BCUT2D eigenvalue weighted by Gasteiger charge is 2.26. The van der Waals surface area contributed by atoms with E-state index in [1.54, 1.807) is 6.26 Å². The van der Waals surface area contributed by atoms with E-state index in [0.29, 0.717) is 6.54 Å². The highest BCUT2D eigenvalue weighted by molar-refractivity contribution is 5.74. The molecule has 7 heteroatoms. The van der Waals surface area contributed by atoms with Gasteiger partial charge in [0, 0.05) is 44.6 Å². The fraction of sp³-hybridized carbons (Fsp3) is 0.565. The number of nitrogens with one attached hydrogen (secondary N) is 2. The van der Waals surface area contributed by atoms with Crippen LogP contribution in [0.2, 0.25) is 0 Å². The van der Waals surface area contributed by atoms with E-state index < -0.39 is 0 Å². The number of hydrogen-bond acceptors (Lipinski definition) is 5. The van der Waals surface area contributed by atoms with Crippen molar-refractivity contribution in [1.29, 1.82) is 0 Å². The van der Waals surface area contributed by atoms with Crippen molar-refractivity contribution in [2.24, 2.45) is 0 Å². The number of pyridine rings is 1. The third-order valence-corrected chi connectivity index (χ3v) is 6.30. The molecule has 0 saturated carbocycles. The van der Waals surface area contributed by atoms with Gasteiger partial charge < -0.3 is 20.0 Å². The molecule has 2 aromatic rings. The quantitative estimate of drug-likeness (QED) is 0.699. The summed E-state index contributed by atoms with van der Waals surface area (Å²) in [5.41, 5.74) is 1.33. The first-order chi connectivity index (χ1) is 14.8. The van der Waals surface area contributed by atoms with Gasteiger partial charge in [0.1, 0.15) is 5.76 Å². The molecule has 2 fully saturated rings. The minimum Gasteiger partial charge on any atom is -0.468 e. The molecule has 1 unspecified atom stereocenters. The average molecular weight is 412 g/mol. The van der Waals surface area contributed by atoms with Gasteiger partial charge in [-0.15, -0.1) is 0 Å². The molecular weight excluding hydrogens is 378 g/mol. The third-order valence-electron chi connectivity index (χ3n) is 6.30. The lowest BCUT2D eigenvalue weighted by molar-refractivity contribution is 0.186. The standard InChI is InChI=1S/C23H33N5O2/c29-23(25-18-21(22-4-3-17-30-22)28-12-1-2-13-28)26-20-8-15-27(16-9-20)14-7-19-5-10-24-11-6-19/h3-6,10-11,17,20-21H,1-2,7-9,12-16,18H2,(H2,25,26,29). The van der Waals surface area contributed by atoms with Crippen molar-refractivity contribution in [3.63, 3.8) is 0 Å². The molecule has 2 aliphatic rings. The first kappa shape index (κ1) is 20.9. The monoisotopic (exact) mass is 411 g/mol. The Morgan fingerprint density at radius 1 is 1.13 bits per heavy atom. The smallest absolute Gasteiger partial charge is 0.315 e. The Labute approximate surface area is 178 Å². The molecule has 2 aromatic heterocycles. The van der Waals surface area contributed by atoms with Crippen LogP contribution in [-0.2, 0) is 6.42 Å². The van der Waals surface area contributed by atoms with Crippen LogP contribution in [0.25, 0.3) is 0 Å². The Morgan fingerprint density at radius 3 is 2.60 bits per heavy atom. The van der Waals surface area contributed by atoms with Crippen LogP contribution >= 0.6 is 0 Å². The van der Waals surface area contributed by atoms with E-state index in [9.17, 15) is 4.79 Å². The molecule has 0 radical (unpaired) electrons. The molecule has 0 spiro atoms. The van der Waals surface area contributed by atoms with Gasteiger partial charge in [-0.05, 0) is 75.0 Å². The van der Waals surface area contributed by atoms with Crippen molar-refractivity contribution in [2.75, 3.05) is 39.3 Å². The molecule has 2 amide bonds. The van der Waals surface area contributed by atoms with Gasteiger partial charge in [0.2, 0.25) is 0 Å². The fourth-order valence-corrected chi connectivity index (χ4v) is 4.51. The second-order valence-corrected chi connectivity index (χ2v) is 8.35. The van der Waals surface area contributed by atoms with Crippen molar-refractivity contribution >= 4 is 6.03 Å². The number of furan rings is 1. The van der Waals surface area contributed by atoms with Crippen LogP contribution in [0.3, 0.4) is 0 Å². The number of carbonyl (C=O) groups excluding carboxylic acids is 1. The van der Waals surface area contributed by atoms with E-state index in [1.807, 2.05) is 24.5 Å². The maximum atomic E-state index is 12.5. The molecule has 7 nitrogen and oxygen atoms in total. The molecule has 2 aliphatic heterocycles. The summed E-state index contributed by atoms with van der Waals surface area (Å²) in [5, 5.41) is 6.25. The number of piperidine rings is 1. The summed E-state index contributed by atoms with van der Waals surface area (Å²) in [7, 11) is 0. The minimum atomic E-state index is -0.0685. The van der Waals surface area contributed by atoms with Gasteiger partial charge in [-0.25, -0.2) is 4.79 Å². The molecular formula is C23H33N5O2. The molecule has 4 rings (SSSR count). The van der Waals surface area contributed by atoms with Crippen LogP contribution in [0.1, 0.15) is 43.0 Å². The Bertz CT molecular complexity index is 753. The number of aromatic nitrogens is 1. The number of rotatable bonds is 8. The zero-order valence-corrected chi connectivity index (χ0v) is 17.6. The Hall–Kier alpha value is -2.38. The van der Waals surface area contributed by atoms with Crippen molar-refractivity contribution in [1.82, 2.24) is 25.4 Å².